The van der Waals surface area contributed by atoms with Crippen molar-refractivity contribution in [1.82, 2.24) is 0 Å². The summed E-state index contributed by atoms with van der Waals surface area (Å²) in [4.78, 5) is 14.0. The van der Waals surface area contributed by atoms with Gasteiger partial charge in [0.25, 0.3) is 0 Å². The van der Waals surface area contributed by atoms with Gasteiger partial charge >= 0.3 is 5.97 Å². The second kappa shape index (κ2) is 9.11. The number of carboxylic acids is 1. The number of nitrogens with zero attached hydrogens (tertiary/aromatic N) is 1. The lowest BCUT2D eigenvalue weighted by molar-refractivity contribution is 0.0697. The smallest absolute Gasteiger partial charge is 0.336 e. The molecule has 0 bridgehead atoms. The highest BCUT2D eigenvalue weighted by Gasteiger charge is 2.16. The number of unbranched alkanes of at least 4 members (excludes halogenated alkanes) is 2. The zero-order chi connectivity index (χ0) is 17.4. The molecule has 0 aromatic heterocycles. The minimum absolute atomic E-state index is 0.357. The van der Waals surface area contributed by atoms with Crippen molar-refractivity contribution in [3.8, 4) is 11.1 Å². The molecule has 0 saturated heterocycles. The van der Waals surface area contributed by atoms with Crippen LogP contribution in [0.2, 0.25) is 0 Å². The summed E-state index contributed by atoms with van der Waals surface area (Å²) in [6, 6.07) is 15.4. The minimum atomic E-state index is -0.880. The Labute approximate surface area is 144 Å². The highest BCUT2D eigenvalue weighted by atomic mass is 16.4. The van der Waals surface area contributed by atoms with E-state index < -0.39 is 5.97 Å². The van der Waals surface area contributed by atoms with Crippen LogP contribution in [0.1, 0.15) is 49.9 Å². The minimum Gasteiger partial charge on any atom is -0.478 e. The molecule has 2 aromatic rings. The van der Waals surface area contributed by atoms with Gasteiger partial charge in [0.05, 0.1) is 5.56 Å². The second-order valence-electron chi connectivity index (χ2n) is 6.06. The van der Waals surface area contributed by atoms with Gasteiger partial charge in [0.15, 0.2) is 0 Å². The van der Waals surface area contributed by atoms with Gasteiger partial charge in [-0.25, -0.2) is 4.79 Å². The molecule has 24 heavy (non-hydrogen) atoms. The number of para-hydroxylation sites is 1. The van der Waals surface area contributed by atoms with Crippen molar-refractivity contribution < 1.29 is 9.90 Å². The van der Waals surface area contributed by atoms with Gasteiger partial charge in [-0.05, 0) is 30.5 Å². The number of hydrogen-bond donors (Lipinski definition) is 1. The van der Waals surface area contributed by atoms with Gasteiger partial charge in [-0.3, -0.25) is 0 Å². The molecule has 0 aliphatic carbocycles. The van der Waals surface area contributed by atoms with E-state index in [0.717, 1.165) is 55.6 Å². The molecule has 1 N–H and O–H groups in total. The first-order valence-electron chi connectivity index (χ1n) is 8.85. The quantitative estimate of drug-likeness (QED) is 0.665. The Kier molecular flexibility index (Phi) is 6.86. The zero-order valence-corrected chi connectivity index (χ0v) is 14.7. The van der Waals surface area contributed by atoms with Gasteiger partial charge in [-0.1, -0.05) is 63.1 Å². The van der Waals surface area contributed by atoms with E-state index in [1.54, 1.807) is 12.1 Å². The number of benzene rings is 2. The van der Waals surface area contributed by atoms with Gasteiger partial charge in [-0.2, -0.15) is 0 Å². The molecule has 0 aliphatic rings. The maximum absolute atomic E-state index is 11.6. The Morgan fingerprint density at radius 2 is 1.42 bits per heavy atom. The molecule has 0 aliphatic heterocycles. The fraction of sp³-hybridized carbons (Fsp3) is 0.381. The molecular weight excluding hydrogens is 298 g/mol. The molecule has 0 fully saturated rings. The van der Waals surface area contributed by atoms with Crippen molar-refractivity contribution in [3.05, 3.63) is 54.1 Å². The molecule has 0 unspecified atom stereocenters. The Morgan fingerprint density at radius 3 is 2.00 bits per heavy atom. The molecule has 0 atom stereocenters. The first kappa shape index (κ1) is 18.1. The third kappa shape index (κ3) is 4.38. The zero-order valence-electron chi connectivity index (χ0n) is 14.7. The Balaban J connectivity index is 2.47. The van der Waals surface area contributed by atoms with E-state index in [2.05, 4.69) is 24.8 Å². The molecule has 128 valence electrons. The van der Waals surface area contributed by atoms with Gasteiger partial charge in [-0.15, -0.1) is 0 Å². The van der Waals surface area contributed by atoms with Crippen LogP contribution in [0, 0.1) is 0 Å². The number of carbonyl (C=O) groups is 1. The third-order valence-corrected chi connectivity index (χ3v) is 4.26. The fourth-order valence-corrected chi connectivity index (χ4v) is 2.93. The SMILES string of the molecule is CCCCN(CCCC)c1ccccc1-c1ccccc1C(=O)O. The topological polar surface area (TPSA) is 40.5 Å². The normalized spacial score (nSPS) is 10.6. The lowest BCUT2D eigenvalue weighted by Gasteiger charge is -2.27. The summed E-state index contributed by atoms with van der Waals surface area (Å²) in [5.41, 5.74) is 3.28. The summed E-state index contributed by atoms with van der Waals surface area (Å²) in [5.74, 6) is -0.880. The highest BCUT2D eigenvalue weighted by molar-refractivity contribution is 5.98. The Morgan fingerprint density at radius 1 is 0.875 bits per heavy atom. The molecule has 2 aromatic carbocycles. The summed E-state index contributed by atoms with van der Waals surface area (Å²) in [5, 5.41) is 9.53. The molecule has 0 spiro atoms. The van der Waals surface area contributed by atoms with Crippen LogP contribution in [0.3, 0.4) is 0 Å². The first-order valence-corrected chi connectivity index (χ1v) is 8.85. The summed E-state index contributed by atoms with van der Waals surface area (Å²) < 4.78 is 0. The van der Waals surface area contributed by atoms with E-state index in [-0.39, 0.29) is 0 Å². The van der Waals surface area contributed by atoms with Crippen molar-refractivity contribution in [3.63, 3.8) is 0 Å². The highest BCUT2D eigenvalue weighted by Crippen LogP contribution is 2.33. The summed E-state index contributed by atoms with van der Waals surface area (Å²) in [6.07, 6.45) is 4.57. The maximum atomic E-state index is 11.6. The first-order chi connectivity index (χ1) is 11.7. The number of hydrogen-bond acceptors (Lipinski definition) is 2. The second-order valence-corrected chi connectivity index (χ2v) is 6.06. The number of rotatable bonds is 9. The number of aromatic carboxylic acids is 1. The molecule has 3 nitrogen and oxygen atoms in total. The van der Waals surface area contributed by atoms with E-state index in [1.807, 2.05) is 30.3 Å². The third-order valence-electron chi connectivity index (χ3n) is 4.26. The average Bonchev–Trinajstić information content (AvgIpc) is 2.62. The van der Waals surface area contributed by atoms with Crippen molar-refractivity contribution in [2.75, 3.05) is 18.0 Å². The number of anilines is 1. The van der Waals surface area contributed by atoms with Crippen molar-refractivity contribution >= 4 is 11.7 Å². The maximum Gasteiger partial charge on any atom is 0.336 e. The van der Waals surface area contributed by atoms with Crippen LogP contribution in [0.5, 0.6) is 0 Å². The van der Waals surface area contributed by atoms with E-state index in [0.29, 0.717) is 5.56 Å². The predicted molar refractivity (Wildman–Crippen MR) is 101 cm³/mol. The van der Waals surface area contributed by atoms with Crippen molar-refractivity contribution in [2.45, 2.75) is 39.5 Å². The molecular formula is C21H27NO2. The van der Waals surface area contributed by atoms with Gasteiger partial charge < -0.3 is 10.0 Å². The van der Waals surface area contributed by atoms with E-state index in [4.69, 9.17) is 0 Å². The van der Waals surface area contributed by atoms with Crippen LogP contribution in [0.4, 0.5) is 5.69 Å². The monoisotopic (exact) mass is 325 g/mol. The van der Waals surface area contributed by atoms with Crippen LogP contribution in [0.25, 0.3) is 11.1 Å². The van der Waals surface area contributed by atoms with Gasteiger partial charge in [0.2, 0.25) is 0 Å². The molecule has 0 saturated carbocycles. The summed E-state index contributed by atoms with van der Waals surface area (Å²) in [6.45, 7) is 6.40. The predicted octanol–water partition coefficient (Wildman–Crippen LogP) is 5.46. The molecule has 0 amide bonds. The van der Waals surface area contributed by atoms with E-state index >= 15 is 0 Å². The van der Waals surface area contributed by atoms with E-state index in [1.165, 1.54) is 0 Å². The number of carboxylic acid groups (broad SMARTS) is 1. The Bertz CT molecular complexity index is 658. The summed E-state index contributed by atoms with van der Waals surface area (Å²) in [7, 11) is 0. The lowest BCUT2D eigenvalue weighted by Crippen LogP contribution is -2.26. The molecule has 2 rings (SSSR count). The van der Waals surface area contributed by atoms with Crippen LogP contribution in [-0.2, 0) is 0 Å². The van der Waals surface area contributed by atoms with Crippen LogP contribution >= 0.6 is 0 Å². The van der Waals surface area contributed by atoms with Crippen LogP contribution < -0.4 is 4.90 Å². The Hall–Kier alpha value is -2.29. The van der Waals surface area contributed by atoms with Gasteiger partial charge in [0, 0.05) is 24.3 Å². The van der Waals surface area contributed by atoms with Crippen molar-refractivity contribution in [1.29, 1.82) is 0 Å². The van der Waals surface area contributed by atoms with Crippen LogP contribution in [0.15, 0.2) is 48.5 Å². The average molecular weight is 325 g/mol. The van der Waals surface area contributed by atoms with Crippen molar-refractivity contribution in [2.24, 2.45) is 0 Å². The standard InChI is InChI=1S/C21H27NO2/c1-3-5-15-22(16-6-4-2)20-14-10-9-12-18(20)17-11-7-8-13-19(17)21(23)24/h7-14H,3-6,15-16H2,1-2H3,(H,23,24). The molecule has 0 heterocycles. The fourth-order valence-electron chi connectivity index (χ4n) is 2.93. The van der Waals surface area contributed by atoms with Gasteiger partial charge in [0.1, 0.15) is 0 Å². The largest absolute Gasteiger partial charge is 0.478 e. The molecule has 3 heteroatoms. The van der Waals surface area contributed by atoms with Crippen LogP contribution in [-0.4, -0.2) is 24.2 Å². The summed E-state index contributed by atoms with van der Waals surface area (Å²) >= 11 is 0. The van der Waals surface area contributed by atoms with E-state index in [9.17, 15) is 9.90 Å². The molecule has 0 radical (unpaired) electrons. The lowest BCUT2D eigenvalue weighted by atomic mass is 9.97.